The normalized spacial score (nSPS) is 11.9. The molecule has 0 radical (unpaired) electrons. The molecule has 2 aromatic heterocycles. The smallest absolute Gasteiger partial charge is 0.164 e. The van der Waals surface area contributed by atoms with Gasteiger partial charge in [-0.25, -0.2) is 15.0 Å². The van der Waals surface area contributed by atoms with Crippen LogP contribution in [0, 0.1) is 0 Å². The van der Waals surface area contributed by atoms with Crippen LogP contribution in [0.5, 0.6) is 0 Å². The zero-order valence-corrected chi connectivity index (χ0v) is 27.3. The Labute approximate surface area is 292 Å². The molecule has 0 unspecified atom stereocenters. The van der Waals surface area contributed by atoms with Crippen molar-refractivity contribution in [3.8, 4) is 45.3 Å². The molecule has 0 aliphatic carbocycles. The molecule has 51 heavy (non-hydrogen) atoms. The van der Waals surface area contributed by atoms with E-state index >= 15 is 0 Å². The summed E-state index contributed by atoms with van der Waals surface area (Å²) in [6.45, 7) is 0. The maximum Gasteiger partial charge on any atom is 0.164 e. The Morgan fingerprint density at radius 2 is 0.863 bits per heavy atom. The van der Waals surface area contributed by atoms with E-state index in [4.69, 9.17) is 19.4 Å². The Hall–Kier alpha value is -6.91. The SMILES string of the molecule is c1cc(-c2nc(-c3ccc4ccccc4c3)nc(-c3cccc4ccccc34)n2)cc(-c2cccc3c4cccc5oc6cccc(c23)c6c54)c1. The van der Waals surface area contributed by atoms with Gasteiger partial charge < -0.3 is 4.42 Å². The molecule has 0 atom stereocenters. The van der Waals surface area contributed by atoms with Crippen molar-refractivity contribution in [3.05, 3.63) is 164 Å². The first-order valence-electron chi connectivity index (χ1n) is 17.2. The van der Waals surface area contributed by atoms with Crippen LogP contribution in [-0.4, -0.2) is 15.0 Å². The summed E-state index contributed by atoms with van der Waals surface area (Å²) in [6.07, 6.45) is 0. The zero-order chi connectivity index (χ0) is 33.5. The molecular formula is C47H27N3O. The van der Waals surface area contributed by atoms with E-state index < -0.39 is 0 Å². The third kappa shape index (κ3) is 4.30. The maximum absolute atomic E-state index is 6.33. The van der Waals surface area contributed by atoms with E-state index in [9.17, 15) is 0 Å². The second kappa shape index (κ2) is 10.8. The average Bonchev–Trinajstić information content (AvgIpc) is 3.59. The average molecular weight is 650 g/mol. The lowest BCUT2D eigenvalue weighted by Crippen LogP contribution is -2.00. The minimum Gasteiger partial charge on any atom is -0.456 e. The van der Waals surface area contributed by atoms with Gasteiger partial charge in [-0.1, -0.05) is 140 Å². The molecule has 0 spiro atoms. The van der Waals surface area contributed by atoms with Gasteiger partial charge in [-0.2, -0.15) is 0 Å². The van der Waals surface area contributed by atoms with Crippen molar-refractivity contribution >= 4 is 65.0 Å². The van der Waals surface area contributed by atoms with Gasteiger partial charge in [-0.3, -0.25) is 0 Å². The fourth-order valence-corrected chi connectivity index (χ4v) is 7.94. The molecule has 11 rings (SSSR count). The number of benzene rings is 9. The van der Waals surface area contributed by atoms with Crippen LogP contribution in [0.2, 0.25) is 0 Å². The first-order chi connectivity index (χ1) is 25.3. The molecule has 4 heteroatoms. The van der Waals surface area contributed by atoms with Crippen LogP contribution in [0.1, 0.15) is 0 Å². The molecule has 0 saturated heterocycles. The van der Waals surface area contributed by atoms with E-state index in [-0.39, 0.29) is 0 Å². The highest BCUT2D eigenvalue weighted by Gasteiger charge is 2.20. The minimum absolute atomic E-state index is 0.631. The Kier molecular flexibility index (Phi) is 5.92. The van der Waals surface area contributed by atoms with Crippen LogP contribution in [-0.2, 0) is 0 Å². The van der Waals surface area contributed by atoms with E-state index in [0.717, 1.165) is 55.1 Å². The first kappa shape index (κ1) is 28.0. The van der Waals surface area contributed by atoms with Crippen LogP contribution in [0.15, 0.2) is 168 Å². The largest absolute Gasteiger partial charge is 0.456 e. The molecule has 236 valence electrons. The van der Waals surface area contributed by atoms with Crippen LogP contribution >= 0.6 is 0 Å². The van der Waals surface area contributed by atoms with E-state index in [0.29, 0.717) is 17.5 Å². The fraction of sp³-hybridized carbons (Fsp3) is 0. The second-order valence-corrected chi connectivity index (χ2v) is 13.2. The molecular weight excluding hydrogens is 623 g/mol. The highest BCUT2D eigenvalue weighted by molar-refractivity contribution is 6.34. The van der Waals surface area contributed by atoms with Gasteiger partial charge in [0.25, 0.3) is 0 Å². The van der Waals surface area contributed by atoms with Crippen molar-refractivity contribution in [2.75, 3.05) is 0 Å². The molecule has 9 aromatic carbocycles. The van der Waals surface area contributed by atoms with Crippen LogP contribution in [0.4, 0.5) is 0 Å². The summed E-state index contributed by atoms with van der Waals surface area (Å²) in [5, 5.41) is 11.8. The summed E-state index contributed by atoms with van der Waals surface area (Å²) in [5.74, 6) is 1.92. The van der Waals surface area contributed by atoms with E-state index in [1.807, 2.05) is 0 Å². The summed E-state index contributed by atoms with van der Waals surface area (Å²) in [5.41, 5.74) is 6.94. The van der Waals surface area contributed by atoms with Gasteiger partial charge in [-0.15, -0.1) is 0 Å². The van der Waals surface area contributed by atoms with Gasteiger partial charge in [0.15, 0.2) is 17.5 Å². The molecule has 2 heterocycles. The summed E-state index contributed by atoms with van der Waals surface area (Å²) in [4.78, 5) is 15.5. The minimum atomic E-state index is 0.631. The monoisotopic (exact) mass is 649 g/mol. The first-order valence-corrected chi connectivity index (χ1v) is 17.2. The third-order valence-electron chi connectivity index (χ3n) is 10.3. The number of rotatable bonds is 4. The van der Waals surface area contributed by atoms with Gasteiger partial charge in [0.2, 0.25) is 0 Å². The Morgan fingerprint density at radius 1 is 0.314 bits per heavy atom. The van der Waals surface area contributed by atoms with Gasteiger partial charge in [-0.05, 0) is 78.5 Å². The van der Waals surface area contributed by atoms with Gasteiger partial charge in [0.1, 0.15) is 11.2 Å². The molecule has 0 fully saturated rings. The van der Waals surface area contributed by atoms with E-state index in [1.165, 1.54) is 37.7 Å². The fourth-order valence-electron chi connectivity index (χ4n) is 7.94. The van der Waals surface area contributed by atoms with Crippen molar-refractivity contribution in [2.24, 2.45) is 0 Å². The number of fused-ring (bicyclic) bond motifs is 5. The predicted octanol–water partition coefficient (Wildman–Crippen LogP) is 12.5. The standard InChI is InChI=1S/C47H27N3O/c1-2-12-30-26-33(25-24-28(30)10-1)46-48-45(49-47(50-46)38-20-6-13-29-11-3-4-16-34(29)38)32-15-5-14-31(27-32)35-17-7-18-36-37-19-8-22-40-43(37)44-39(42(35)36)21-9-23-41(44)51-40/h1-27H. The molecule has 0 bridgehead atoms. The van der Waals surface area contributed by atoms with Crippen molar-refractivity contribution in [1.82, 2.24) is 15.0 Å². The van der Waals surface area contributed by atoms with Gasteiger partial charge in [0.05, 0.1) is 0 Å². The number of hydrogen-bond acceptors (Lipinski definition) is 4. The molecule has 0 N–H and O–H groups in total. The second-order valence-electron chi connectivity index (χ2n) is 13.2. The summed E-state index contributed by atoms with van der Waals surface area (Å²) >= 11 is 0. The van der Waals surface area contributed by atoms with Crippen LogP contribution in [0.25, 0.3) is 110 Å². The zero-order valence-electron chi connectivity index (χ0n) is 27.3. The Morgan fingerprint density at radius 3 is 1.71 bits per heavy atom. The number of aromatic nitrogens is 3. The summed E-state index contributed by atoms with van der Waals surface area (Å²) in [6, 6.07) is 57.4. The van der Waals surface area contributed by atoms with Crippen molar-refractivity contribution in [3.63, 3.8) is 0 Å². The lowest BCUT2D eigenvalue weighted by molar-refractivity contribution is 0.669. The third-order valence-corrected chi connectivity index (χ3v) is 10.3. The highest BCUT2D eigenvalue weighted by atomic mass is 16.3. The number of hydrogen-bond donors (Lipinski definition) is 0. The Bertz CT molecular complexity index is 3150. The van der Waals surface area contributed by atoms with Crippen molar-refractivity contribution in [2.45, 2.75) is 0 Å². The van der Waals surface area contributed by atoms with Crippen molar-refractivity contribution < 1.29 is 4.42 Å². The highest BCUT2D eigenvalue weighted by Crippen LogP contribution is 2.45. The molecule has 0 aliphatic rings. The van der Waals surface area contributed by atoms with E-state index in [1.54, 1.807) is 0 Å². The Balaban J connectivity index is 1.14. The lowest BCUT2D eigenvalue weighted by Gasteiger charge is -2.14. The van der Waals surface area contributed by atoms with Crippen LogP contribution < -0.4 is 0 Å². The molecule has 0 amide bonds. The molecule has 0 aliphatic heterocycles. The topological polar surface area (TPSA) is 51.8 Å². The van der Waals surface area contributed by atoms with Gasteiger partial charge in [0, 0.05) is 27.5 Å². The van der Waals surface area contributed by atoms with E-state index in [2.05, 4.69) is 164 Å². The van der Waals surface area contributed by atoms with Crippen LogP contribution in [0.3, 0.4) is 0 Å². The lowest BCUT2D eigenvalue weighted by atomic mass is 9.89. The van der Waals surface area contributed by atoms with Crippen molar-refractivity contribution in [1.29, 1.82) is 0 Å². The predicted molar refractivity (Wildman–Crippen MR) is 210 cm³/mol. The van der Waals surface area contributed by atoms with Gasteiger partial charge >= 0.3 is 0 Å². The maximum atomic E-state index is 6.33. The molecule has 4 nitrogen and oxygen atoms in total. The summed E-state index contributed by atoms with van der Waals surface area (Å²) < 4.78 is 6.33. The quantitative estimate of drug-likeness (QED) is 0.178. The molecule has 0 saturated carbocycles. The number of nitrogens with zero attached hydrogens (tertiary/aromatic N) is 3. The number of furan rings is 1. The molecule has 11 aromatic rings. The summed E-state index contributed by atoms with van der Waals surface area (Å²) in [7, 11) is 0.